The predicted octanol–water partition coefficient (Wildman–Crippen LogP) is 2.69. The van der Waals surface area contributed by atoms with Crippen molar-refractivity contribution >= 4 is 5.96 Å². The fraction of sp³-hybridized carbons (Fsp3) is 0.125. The van der Waals surface area contributed by atoms with Gasteiger partial charge in [-0.05, 0) is 11.1 Å². The van der Waals surface area contributed by atoms with E-state index in [0.29, 0.717) is 13.1 Å². The van der Waals surface area contributed by atoms with E-state index in [1.165, 1.54) is 0 Å². The highest BCUT2D eigenvalue weighted by molar-refractivity contribution is 5.78. The first-order chi connectivity index (χ1) is 9.79. The van der Waals surface area contributed by atoms with Crippen molar-refractivity contribution in [2.75, 3.05) is 0 Å². The summed E-state index contributed by atoms with van der Waals surface area (Å²) in [6.07, 6.45) is 1.80. The van der Waals surface area contributed by atoms with Gasteiger partial charge in [0.1, 0.15) is 0 Å². The third-order valence-electron chi connectivity index (χ3n) is 2.92. The molecule has 2 rings (SSSR count). The minimum atomic E-state index is 0.111. The molecule has 2 N–H and O–H groups in total. The molecule has 0 heterocycles. The fourth-order valence-corrected chi connectivity index (χ4v) is 1.95. The summed E-state index contributed by atoms with van der Waals surface area (Å²) < 4.78 is 0. The Morgan fingerprint density at radius 1 is 0.950 bits per heavy atom. The second-order valence-corrected chi connectivity index (χ2v) is 4.41. The lowest BCUT2D eigenvalue weighted by atomic mass is 10.2. The topological polar surface area (TPSA) is 62.9 Å². The highest BCUT2D eigenvalue weighted by Crippen LogP contribution is 2.09. The van der Waals surface area contributed by atoms with Gasteiger partial charge in [0.05, 0.1) is 0 Å². The molecule has 100 valence electrons. The Kier molecular flexibility index (Phi) is 4.74. The molecule has 0 radical (unpaired) electrons. The number of benzene rings is 2. The summed E-state index contributed by atoms with van der Waals surface area (Å²) in [5.41, 5.74) is 2.21. The van der Waals surface area contributed by atoms with Crippen LogP contribution in [0.25, 0.3) is 0 Å². The number of guanidine groups is 1. The third-order valence-corrected chi connectivity index (χ3v) is 2.92. The van der Waals surface area contributed by atoms with Crippen molar-refractivity contribution in [1.82, 2.24) is 10.2 Å². The van der Waals surface area contributed by atoms with Gasteiger partial charge in [-0.15, -0.1) is 0 Å². The summed E-state index contributed by atoms with van der Waals surface area (Å²) in [6, 6.07) is 19.8. The van der Waals surface area contributed by atoms with Gasteiger partial charge in [-0.3, -0.25) is 10.7 Å². The molecule has 0 saturated heterocycles. The molecule has 0 fully saturated rings. The summed E-state index contributed by atoms with van der Waals surface area (Å²) in [6.45, 7) is 1.17. The summed E-state index contributed by atoms with van der Waals surface area (Å²) in [5, 5.41) is 19.0. The lowest BCUT2D eigenvalue weighted by Gasteiger charge is -2.24. The van der Waals surface area contributed by atoms with E-state index in [-0.39, 0.29) is 5.96 Å². The second kappa shape index (κ2) is 6.95. The Morgan fingerprint density at radius 2 is 1.40 bits per heavy atom. The van der Waals surface area contributed by atoms with E-state index in [9.17, 15) is 0 Å². The minimum Gasteiger partial charge on any atom is -0.334 e. The monoisotopic (exact) mass is 264 g/mol. The van der Waals surface area contributed by atoms with Gasteiger partial charge < -0.3 is 4.90 Å². The van der Waals surface area contributed by atoms with Crippen molar-refractivity contribution in [2.24, 2.45) is 0 Å². The number of rotatable bonds is 4. The molecule has 0 aliphatic rings. The van der Waals surface area contributed by atoms with E-state index in [1.54, 1.807) is 6.19 Å². The Labute approximate surface area is 118 Å². The maximum atomic E-state index is 8.69. The quantitative estimate of drug-likeness (QED) is 0.386. The van der Waals surface area contributed by atoms with Crippen LogP contribution < -0.4 is 5.32 Å². The molecule has 4 nitrogen and oxygen atoms in total. The molecular formula is C16H16N4. The van der Waals surface area contributed by atoms with E-state index < -0.39 is 0 Å². The van der Waals surface area contributed by atoms with Gasteiger partial charge in [-0.1, -0.05) is 60.7 Å². The summed E-state index contributed by atoms with van der Waals surface area (Å²) in [4.78, 5) is 1.83. The van der Waals surface area contributed by atoms with Gasteiger partial charge in [0, 0.05) is 13.1 Å². The van der Waals surface area contributed by atoms with Crippen molar-refractivity contribution in [1.29, 1.82) is 10.7 Å². The molecule has 0 atom stereocenters. The third kappa shape index (κ3) is 3.85. The van der Waals surface area contributed by atoms with Crippen LogP contribution in [0.4, 0.5) is 0 Å². The van der Waals surface area contributed by atoms with Crippen LogP contribution >= 0.6 is 0 Å². The molecule has 20 heavy (non-hydrogen) atoms. The van der Waals surface area contributed by atoms with E-state index >= 15 is 0 Å². The van der Waals surface area contributed by atoms with E-state index in [1.807, 2.05) is 65.6 Å². The molecule has 0 aromatic heterocycles. The smallest absolute Gasteiger partial charge is 0.205 e. The molecule has 0 saturated carbocycles. The fourth-order valence-electron chi connectivity index (χ4n) is 1.95. The molecule has 0 aliphatic heterocycles. The Bertz CT molecular complexity index is 545. The largest absolute Gasteiger partial charge is 0.334 e. The first-order valence-electron chi connectivity index (χ1n) is 6.36. The highest BCUT2D eigenvalue weighted by atomic mass is 15.3. The SMILES string of the molecule is N#CNC(=N)N(Cc1ccccc1)Cc1ccccc1. The molecule has 0 amide bonds. The highest BCUT2D eigenvalue weighted by Gasteiger charge is 2.10. The predicted molar refractivity (Wildman–Crippen MR) is 78.6 cm³/mol. The maximum Gasteiger partial charge on any atom is 0.205 e. The van der Waals surface area contributed by atoms with Crippen LogP contribution in [0.2, 0.25) is 0 Å². The van der Waals surface area contributed by atoms with Crippen LogP contribution in [0.3, 0.4) is 0 Å². The number of hydrogen-bond acceptors (Lipinski definition) is 2. The average molecular weight is 264 g/mol. The second-order valence-electron chi connectivity index (χ2n) is 4.41. The Balaban J connectivity index is 2.13. The van der Waals surface area contributed by atoms with Gasteiger partial charge in [0.15, 0.2) is 6.19 Å². The molecule has 2 aromatic carbocycles. The minimum absolute atomic E-state index is 0.111. The van der Waals surface area contributed by atoms with Crippen molar-refractivity contribution in [3.8, 4) is 6.19 Å². The number of nitrogens with zero attached hydrogens (tertiary/aromatic N) is 2. The first kappa shape index (κ1) is 13.6. The van der Waals surface area contributed by atoms with Crippen molar-refractivity contribution in [3.05, 3.63) is 71.8 Å². The van der Waals surface area contributed by atoms with E-state index in [4.69, 9.17) is 10.7 Å². The lowest BCUT2D eigenvalue weighted by Crippen LogP contribution is -2.37. The molecule has 4 heteroatoms. The van der Waals surface area contributed by atoms with Crippen LogP contribution in [0.1, 0.15) is 11.1 Å². The van der Waals surface area contributed by atoms with E-state index in [2.05, 4.69) is 5.32 Å². The summed E-state index contributed by atoms with van der Waals surface area (Å²) >= 11 is 0. The van der Waals surface area contributed by atoms with Gasteiger partial charge in [-0.25, -0.2) is 0 Å². The van der Waals surface area contributed by atoms with Gasteiger partial charge in [-0.2, -0.15) is 5.26 Å². The van der Waals surface area contributed by atoms with Gasteiger partial charge in [0.2, 0.25) is 5.96 Å². The molecule has 2 aromatic rings. The zero-order valence-corrected chi connectivity index (χ0v) is 11.1. The average Bonchev–Trinajstić information content (AvgIpc) is 2.49. The Morgan fingerprint density at radius 3 is 1.80 bits per heavy atom. The van der Waals surface area contributed by atoms with Crippen LogP contribution in [0.15, 0.2) is 60.7 Å². The Hall–Kier alpha value is -2.80. The normalized spacial score (nSPS) is 9.55. The summed E-state index contributed by atoms with van der Waals surface area (Å²) in [7, 11) is 0. The lowest BCUT2D eigenvalue weighted by molar-refractivity contribution is 0.393. The maximum absolute atomic E-state index is 8.69. The van der Waals surface area contributed by atoms with Gasteiger partial charge in [0.25, 0.3) is 0 Å². The van der Waals surface area contributed by atoms with Crippen LogP contribution in [0, 0.1) is 16.9 Å². The summed E-state index contributed by atoms with van der Waals surface area (Å²) in [5.74, 6) is 0.111. The van der Waals surface area contributed by atoms with Gasteiger partial charge >= 0.3 is 0 Å². The number of nitriles is 1. The van der Waals surface area contributed by atoms with Crippen molar-refractivity contribution < 1.29 is 0 Å². The van der Waals surface area contributed by atoms with Crippen LogP contribution in [-0.4, -0.2) is 10.9 Å². The zero-order chi connectivity index (χ0) is 14.2. The number of nitrogens with one attached hydrogen (secondary N) is 2. The molecule has 0 aliphatic carbocycles. The molecule has 0 unspecified atom stereocenters. The first-order valence-corrected chi connectivity index (χ1v) is 6.36. The molecule has 0 spiro atoms. The van der Waals surface area contributed by atoms with Crippen molar-refractivity contribution in [3.63, 3.8) is 0 Å². The van der Waals surface area contributed by atoms with Crippen LogP contribution in [-0.2, 0) is 13.1 Å². The molecule has 0 bridgehead atoms. The standard InChI is InChI=1S/C16H16N4/c17-13-19-16(18)20(11-14-7-3-1-4-8-14)12-15-9-5-2-6-10-15/h1-10H,11-12H2,(H2,18,19). The van der Waals surface area contributed by atoms with Crippen molar-refractivity contribution in [2.45, 2.75) is 13.1 Å². The molecular weight excluding hydrogens is 248 g/mol. The van der Waals surface area contributed by atoms with E-state index in [0.717, 1.165) is 11.1 Å². The zero-order valence-electron chi connectivity index (χ0n) is 11.1. The number of hydrogen-bond donors (Lipinski definition) is 2. The van der Waals surface area contributed by atoms with Crippen LogP contribution in [0.5, 0.6) is 0 Å².